The SMILES string of the molecule is CN(C)C(=O)n1c2ccccc2c2ccc(CN3CCC4(C=Cc5ccccc54)CC3)cc21. The molecule has 1 aromatic heterocycles. The molecule has 4 aromatic rings. The maximum absolute atomic E-state index is 13.1. The highest BCUT2D eigenvalue weighted by Crippen LogP contribution is 2.43. The molecule has 33 heavy (non-hydrogen) atoms. The lowest BCUT2D eigenvalue weighted by Gasteiger charge is -2.39. The fourth-order valence-electron chi connectivity index (χ4n) is 5.76. The average Bonchev–Trinajstić information content (AvgIpc) is 3.36. The fraction of sp³-hybridized carbons (Fsp3) is 0.276. The smallest absolute Gasteiger partial charge is 0.328 e. The van der Waals surface area contributed by atoms with Gasteiger partial charge in [0.2, 0.25) is 0 Å². The molecule has 166 valence electrons. The third-order valence-electron chi connectivity index (χ3n) is 7.55. The first kappa shape index (κ1) is 20.3. The van der Waals surface area contributed by atoms with Crippen LogP contribution in [-0.2, 0) is 12.0 Å². The average molecular weight is 436 g/mol. The van der Waals surface area contributed by atoms with Crippen LogP contribution in [-0.4, -0.2) is 47.6 Å². The van der Waals surface area contributed by atoms with Crippen LogP contribution < -0.4 is 0 Å². The standard InChI is InChI=1S/C29H29N3O/c1-30(2)28(33)32-26-10-6-4-8-23(26)24-12-11-21(19-27(24)32)20-31-17-15-29(16-18-31)14-13-22-7-3-5-9-25(22)29/h3-14,19H,15-18,20H2,1-2H3. The van der Waals surface area contributed by atoms with Crippen LogP contribution in [0.5, 0.6) is 0 Å². The van der Waals surface area contributed by atoms with Crippen molar-refractivity contribution in [3.8, 4) is 0 Å². The van der Waals surface area contributed by atoms with E-state index in [2.05, 4.69) is 65.6 Å². The highest BCUT2D eigenvalue weighted by atomic mass is 16.2. The Bertz CT molecular complexity index is 1400. The Balaban J connectivity index is 1.28. The Hall–Kier alpha value is -3.37. The number of carbonyl (C=O) groups excluding carboxylic acids is 1. The molecule has 0 radical (unpaired) electrons. The zero-order valence-electron chi connectivity index (χ0n) is 19.3. The maximum atomic E-state index is 13.1. The largest absolute Gasteiger partial charge is 0.330 e. The number of aromatic nitrogens is 1. The van der Waals surface area contributed by atoms with Crippen molar-refractivity contribution in [1.29, 1.82) is 0 Å². The molecule has 4 heteroatoms. The van der Waals surface area contributed by atoms with E-state index in [1.807, 2.05) is 36.9 Å². The molecule has 3 aromatic carbocycles. The van der Waals surface area contributed by atoms with Crippen molar-refractivity contribution >= 4 is 33.9 Å². The van der Waals surface area contributed by atoms with Crippen LogP contribution in [0.3, 0.4) is 0 Å². The van der Waals surface area contributed by atoms with E-state index in [-0.39, 0.29) is 11.4 Å². The van der Waals surface area contributed by atoms with E-state index in [1.165, 1.54) is 16.7 Å². The fourth-order valence-corrected chi connectivity index (χ4v) is 5.76. The lowest BCUT2D eigenvalue weighted by molar-refractivity contribution is 0.177. The summed E-state index contributed by atoms with van der Waals surface area (Å²) in [6, 6.07) is 23.6. The molecule has 1 saturated heterocycles. The van der Waals surface area contributed by atoms with Gasteiger partial charge in [0.15, 0.2) is 0 Å². The third-order valence-corrected chi connectivity index (χ3v) is 7.55. The van der Waals surface area contributed by atoms with Gasteiger partial charge >= 0.3 is 6.03 Å². The molecule has 1 aliphatic carbocycles. The number of para-hydroxylation sites is 1. The molecule has 0 bridgehead atoms. The van der Waals surface area contributed by atoms with Crippen LogP contribution in [0.1, 0.15) is 29.5 Å². The number of carbonyl (C=O) groups is 1. The first-order valence-corrected chi connectivity index (χ1v) is 11.8. The van der Waals surface area contributed by atoms with E-state index < -0.39 is 0 Å². The summed E-state index contributed by atoms with van der Waals surface area (Å²) in [6.07, 6.45) is 7.05. The Morgan fingerprint density at radius 1 is 0.909 bits per heavy atom. The van der Waals surface area contributed by atoms with Crippen LogP contribution >= 0.6 is 0 Å². The summed E-state index contributed by atoms with van der Waals surface area (Å²) >= 11 is 0. The summed E-state index contributed by atoms with van der Waals surface area (Å²) in [6.45, 7) is 3.07. The van der Waals surface area contributed by atoms with E-state index in [1.54, 1.807) is 4.90 Å². The minimum absolute atomic E-state index is 0.00931. The van der Waals surface area contributed by atoms with E-state index in [9.17, 15) is 4.79 Å². The highest BCUT2D eigenvalue weighted by Gasteiger charge is 2.37. The Kier molecular flexibility index (Phi) is 4.66. The predicted molar refractivity (Wildman–Crippen MR) is 136 cm³/mol. The van der Waals surface area contributed by atoms with Crippen molar-refractivity contribution in [2.75, 3.05) is 27.2 Å². The number of benzene rings is 3. The maximum Gasteiger partial charge on any atom is 0.328 e. The normalized spacial score (nSPS) is 17.2. The molecule has 0 atom stereocenters. The minimum atomic E-state index is -0.00931. The number of amides is 1. The van der Waals surface area contributed by atoms with Gasteiger partial charge in [-0.05, 0) is 54.8 Å². The molecule has 0 unspecified atom stereocenters. The van der Waals surface area contributed by atoms with Gasteiger partial charge in [0.1, 0.15) is 0 Å². The van der Waals surface area contributed by atoms with Gasteiger partial charge in [0, 0.05) is 36.8 Å². The van der Waals surface area contributed by atoms with Crippen molar-refractivity contribution in [1.82, 2.24) is 14.4 Å². The quantitative estimate of drug-likeness (QED) is 0.393. The molecule has 0 N–H and O–H groups in total. The van der Waals surface area contributed by atoms with Crippen molar-refractivity contribution in [2.45, 2.75) is 24.8 Å². The Labute approximate surface area is 194 Å². The second kappa shape index (κ2) is 7.60. The van der Waals surface area contributed by atoms with Crippen LogP contribution in [0.15, 0.2) is 72.8 Å². The summed E-state index contributed by atoms with van der Waals surface area (Å²) in [7, 11) is 3.62. The zero-order valence-corrected chi connectivity index (χ0v) is 19.3. The Morgan fingerprint density at radius 3 is 2.45 bits per heavy atom. The molecule has 0 saturated carbocycles. The van der Waals surface area contributed by atoms with E-state index >= 15 is 0 Å². The molecule has 1 fully saturated rings. The minimum Gasteiger partial charge on any atom is -0.330 e. The van der Waals surface area contributed by atoms with Gasteiger partial charge in [0.25, 0.3) is 0 Å². The summed E-state index contributed by atoms with van der Waals surface area (Å²) in [4.78, 5) is 17.3. The molecule has 6 rings (SSSR count). The topological polar surface area (TPSA) is 28.5 Å². The lowest BCUT2D eigenvalue weighted by Crippen LogP contribution is -2.40. The van der Waals surface area contributed by atoms with Crippen molar-refractivity contribution in [2.24, 2.45) is 0 Å². The van der Waals surface area contributed by atoms with Gasteiger partial charge in [-0.2, -0.15) is 0 Å². The molecule has 4 nitrogen and oxygen atoms in total. The van der Waals surface area contributed by atoms with Crippen LogP contribution in [0, 0.1) is 0 Å². The van der Waals surface area contributed by atoms with Gasteiger partial charge < -0.3 is 4.90 Å². The monoisotopic (exact) mass is 435 g/mol. The molecular weight excluding hydrogens is 406 g/mol. The number of hydrogen-bond acceptors (Lipinski definition) is 2. The van der Waals surface area contributed by atoms with Gasteiger partial charge in [-0.15, -0.1) is 0 Å². The second-order valence-corrected chi connectivity index (χ2v) is 9.73. The van der Waals surface area contributed by atoms with Gasteiger partial charge in [-0.25, -0.2) is 4.79 Å². The molecular formula is C29H29N3O. The van der Waals surface area contributed by atoms with Gasteiger partial charge in [-0.3, -0.25) is 9.47 Å². The van der Waals surface area contributed by atoms with E-state index in [0.717, 1.165) is 54.3 Å². The summed E-state index contributed by atoms with van der Waals surface area (Å²) in [5.41, 5.74) is 6.31. The first-order chi connectivity index (χ1) is 16.1. The van der Waals surface area contributed by atoms with Gasteiger partial charge in [0.05, 0.1) is 11.0 Å². The first-order valence-electron chi connectivity index (χ1n) is 11.8. The summed E-state index contributed by atoms with van der Waals surface area (Å²) in [5.74, 6) is 0. The number of nitrogens with zero attached hydrogens (tertiary/aromatic N) is 3. The number of hydrogen-bond donors (Lipinski definition) is 0. The van der Waals surface area contributed by atoms with E-state index in [4.69, 9.17) is 0 Å². The molecule has 2 heterocycles. The molecule has 1 amide bonds. The van der Waals surface area contributed by atoms with Crippen molar-refractivity contribution in [3.63, 3.8) is 0 Å². The number of allylic oxidation sites excluding steroid dienone is 1. The number of likely N-dealkylation sites (tertiary alicyclic amines) is 1. The van der Waals surface area contributed by atoms with Crippen molar-refractivity contribution < 1.29 is 4.79 Å². The highest BCUT2D eigenvalue weighted by molar-refractivity contribution is 6.13. The van der Waals surface area contributed by atoms with Crippen LogP contribution in [0.4, 0.5) is 4.79 Å². The third kappa shape index (κ3) is 3.20. The second-order valence-electron chi connectivity index (χ2n) is 9.73. The van der Waals surface area contributed by atoms with Crippen LogP contribution in [0.2, 0.25) is 0 Å². The Morgan fingerprint density at radius 2 is 1.64 bits per heavy atom. The molecule has 2 aliphatic rings. The van der Waals surface area contributed by atoms with Crippen LogP contribution in [0.25, 0.3) is 27.9 Å². The number of rotatable bonds is 2. The zero-order chi connectivity index (χ0) is 22.6. The van der Waals surface area contributed by atoms with Gasteiger partial charge in [-0.1, -0.05) is 66.7 Å². The summed E-state index contributed by atoms with van der Waals surface area (Å²) in [5, 5.41) is 2.26. The predicted octanol–water partition coefficient (Wildman–Crippen LogP) is 5.88. The number of piperidine rings is 1. The van der Waals surface area contributed by atoms with E-state index in [0.29, 0.717) is 0 Å². The lowest BCUT2D eigenvalue weighted by atomic mass is 9.74. The summed E-state index contributed by atoms with van der Waals surface area (Å²) < 4.78 is 1.86. The number of fused-ring (bicyclic) bond motifs is 5. The van der Waals surface area contributed by atoms with Crippen molar-refractivity contribution in [3.05, 3.63) is 89.5 Å². The molecule has 1 spiro atoms. The molecule has 1 aliphatic heterocycles.